The van der Waals surface area contributed by atoms with E-state index < -0.39 is 42.1 Å². The summed E-state index contributed by atoms with van der Waals surface area (Å²) in [6, 6.07) is 0. The molecule has 6 atom stereocenters. The Kier molecular flexibility index (Phi) is 8.02. The predicted molar refractivity (Wildman–Crippen MR) is 91.6 cm³/mol. The van der Waals surface area contributed by atoms with Gasteiger partial charge >= 0.3 is 5.97 Å². The van der Waals surface area contributed by atoms with Crippen LogP contribution >= 0.6 is 0 Å². The number of hydrogen-bond acceptors (Lipinski definition) is 6. The fourth-order valence-corrected chi connectivity index (χ4v) is 2.98. The second-order valence-electron chi connectivity index (χ2n) is 7.69. The highest BCUT2D eigenvalue weighted by Gasteiger charge is 2.49. The molecule has 0 aromatic heterocycles. The van der Waals surface area contributed by atoms with Gasteiger partial charge in [-0.15, -0.1) is 0 Å². The zero-order chi connectivity index (χ0) is 19.4. The van der Waals surface area contributed by atoms with Crippen LogP contribution in [-0.2, 0) is 9.53 Å². The number of aliphatic carboxylic acids is 1. The van der Waals surface area contributed by atoms with E-state index in [1.807, 2.05) is 13.8 Å². The zero-order valence-electron chi connectivity index (χ0n) is 15.4. The van der Waals surface area contributed by atoms with Gasteiger partial charge in [0.15, 0.2) is 5.79 Å². The monoisotopic (exact) mass is 360 g/mol. The molecule has 7 nitrogen and oxygen atoms in total. The summed E-state index contributed by atoms with van der Waals surface area (Å²) in [5, 5.41) is 50.4. The smallest absolute Gasteiger partial charge is 0.311 e. The molecule has 1 aliphatic rings. The van der Waals surface area contributed by atoms with Gasteiger partial charge in [0.1, 0.15) is 5.92 Å². The Labute approximate surface area is 148 Å². The molecule has 0 aromatic rings. The SMILES string of the molecule is CC(C)/C=C/[C@H](O)CC1O[C@](O)(C[C@@H](O)C(C)C)C[C@H](O)[C@H]1C(=O)O. The molecule has 146 valence electrons. The molecular formula is C18H32O7. The number of rotatable bonds is 8. The van der Waals surface area contributed by atoms with Crippen molar-refractivity contribution in [1.29, 1.82) is 0 Å². The molecule has 5 N–H and O–H groups in total. The van der Waals surface area contributed by atoms with E-state index in [9.17, 15) is 30.3 Å². The van der Waals surface area contributed by atoms with E-state index in [4.69, 9.17) is 4.74 Å². The first kappa shape index (κ1) is 22.1. The number of carboxylic acids is 1. The molecule has 7 heteroatoms. The topological polar surface area (TPSA) is 127 Å². The molecule has 1 fully saturated rings. The van der Waals surface area contributed by atoms with E-state index >= 15 is 0 Å². The highest BCUT2D eigenvalue weighted by Crippen LogP contribution is 2.37. The minimum Gasteiger partial charge on any atom is -0.481 e. The molecule has 1 heterocycles. The lowest BCUT2D eigenvalue weighted by molar-refractivity contribution is -0.300. The van der Waals surface area contributed by atoms with Crippen molar-refractivity contribution in [3.05, 3.63) is 12.2 Å². The van der Waals surface area contributed by atoms with Crippen LogP contribution in [0.15, 0.2) is 12.2 Å². The lowest BCUT2D eigenvalue weighted by atomic mass is 9.82. The Balaban J connectivity index is 2.93. The molecule has 0 bridgehead atoms. The number of aliphatic hydroxyl groups excluding tert-OH is 3. The van der Waals surface area contributed by atoms with Crippen LogP contribution in [0.2, 0.25) is 0 Å². The van der Waals surface area contributed by atoms with E-state index in [0.29, 0.717) is 0 Å². The standard InChI is InChI=1S/C18H32O7/c1-10(2)5-6-12(19)7-15-16(17(22)23)14(21)9-18(24,25-15)8-13(20)11(3)4/h5-6,10-16,19-21,24H,7-9H2,1-4H3,(H,22,23)/b6-5+/t12-,13+,14-,15?,16+,18+/m0/s1. The molecule has 25 heavy (non-hydrogen) atoms. The molecule has 1 aliphatic heterocycles. The van der Waals surface area contributed by atoms with Crippen LogP contribution in [-0.4, -0.2) is 61.7 Å². The van der Waals surface area contributed by atoms with Gasteiger partial charge in [0.2, 0.25) is 0 Å². The van der Waals surface area contributed by atoms with E-state index in [2.05, 4.69) is 0 Å². The van der Waals surface area contributed by atoms with Crippen molar-refractivity contribution < 1.29 is 35.1 Å². The molecule has 0 spiro atoms. The highest BCUT2D eigenvalue weighted by molar-refractivity contribution is 5.71. The van der Waals surface area contributed by atoms with Crippen molar-refractivity contribution in [3.63, 3.8) is 0 Å². The number of aliphatic hydroxyl groups is 4. The molecular weight excluding hydrogens is 328 g/mol. The third kappa shape index (κ3) is 6.67. The normalized spacial score (nSPS) is 33.1. The lowest BCUT2D eigenvalue weighted by Crippen LogP contribution is -2.56. The third-order valence-corrected chi connectivity index (χ3v) is 4.49. The summed E-state index contributed by atoms with van der Waals surface area (Å²) in [4.78, 5) is 11.5. The van der Waals surface area contributed by atoms with Crippen molar-refractivity contribution in [1.82, 2.24) is 0 Å². The summed E-state index contributed by atoms with van der Waals surface area (Å²) in [7, 11) is 0. The number of carboxylic acid groups (broad SMARTS) is 1. The van der Waals surface area contributed by atoms with E-state index in [1.165, 1.54) is 0 Å². The molecule has 0 aromatic carbocycles. The number of hydrogen-bond donors (Lipinski definition) is 5. The van der Waals surface area contributed by atoms with E-state index in [0.717, 1.165) is 0 Å². The van der Waals surface area contributed by atoms with Crippen molar-refractivity contribution in [2.45, 2.75) is 77.2 Å². The van der Waals surface area contributed by atoms with Gasteiger partial charge in [0, 0.05) is 19.3 Å². The summed E-state index contributed by atoms with van der Waals surface area (Å²) in [6.45, 7) is 7.45. The Morgan fingerprint density at radius 3 is 2.32 bits per heavy atom. The maximum absolute atomic E-state index is 11.5. The maximum atomic E-state index is 11.5. The van der Waals surface area contributed by atoms with Gasteiger partial charge in [-0.2, -0.15) is 0 Å². The summed E-state index contributed by atoms with van der Waals surface area (Å²) >= 11 is 0. The van der Waals surface area contributed by atoms with Gasteiger partial charge in [0.05, 0.1) is 24.4 Å². The zero-order valence-corrected chi connectivity index (χ0v) is 15.4. The van der Waals surface area contributed by atoms with Crippen molar-refractivity contribution in [2.24, 2.45) is 17.8 Å². The summed E-state index contributed by atoms with van der Waals surface area (Å²) < 4.78 is 5.58. The first-order chi connectivity index (χ1) is 11.4. The average Bonchev–Trinajstić information content (AvgIpc) is 2.43. The van der Waals surface area contributed by atoms with Gasteiger partial charge in [-0.1, -0.05) is 39.8 Å². The van der Waals surface area contributed by atoms with Crippen LogP contribution in [0.3, 0.4) is 0 Å². The van der Waals surface area contributed by atoms with E-state index in [1.54, 1.807) is 26.0 Å². The van der Waals surface area contributed by atoms with Gasteiger partial charge in [-0.05, 0) is 11.8 Å². The Morgan fingerprint density at radius 1 is 1.24 bits per heavy atom. The summed E-state index contributed by atoms with van der Waals surface area (Å²) in [6.07, 6.45) is -1.39. The second-order valence-corrected chi connectivity index (χ2v) is 7.69. The summed E-state index contributed by atoms with van der Waals surface area (Å²) in [5.41, 5.74) is 0. The van der Waals surface area contributed by atoms with Crippen LogP contribution in [0.5, 0.6) is 0 Å². The highest BCUT2D eigenvalue weighted by atomic mass is 16.6. The van der Waals surface area contributed by atoms with Gasteiger partial charge in [0.25, 0.3) is 0 Å². The molecule has 0 saturated carbocycles. The minimum absolute atomic E-state index is 0.0721. The minimum atomic E-state index is -1.83. The van der Waals surface area contributed by atoms with Gasteiger partial charge in [-0.25, -0.2) is 0 Å². The van der Waals surface area contributed by atoms with Crippen molar-refractivity contribution in [3.8, 4) is 0 Å². The van der Waals surface area contributed by atoms with Gasteiger partial charge < -0.3 is 30.3 Å². The number of allylic oxidation sites excluding steroid dienone is 1. The molecule has 1 rings (SSSR count). The maximum Gasteiger partial charge on any atom is 0.311 e. The first-order valence-corrected chi connectivity index (χ1v) is 8.80. The van der Waals surface area contributed by atoms with Gasteiger partial charge in [-0.3, -0.25) is 4.79 Å². The largest absolute Gasteiger partial charge is 0.481 e. The van der Waals surface area contributed by atoms with Crippen LogP contribution < -0.4 is 0 Å². The fourth-order valence-electron chi connectivity index (χ4n) is 2.98. The Hall–Kier alpha value is -0.990. The Morgan fingerprint density at radius 2 is 1.84 bits per heavy atom. The molecule has 0 aliphatic carbocycles. The first-order valence-electron chi connectivity index (χ1n) is 8.80. The van der Waals surface area contributed by atoms with Crippen LogP contribution in [0, 0.1) is 17.8 Å². The number of ether oxygens (including phenoxy) is 1. The van der Waals surface area contributed by atoms with Crippen LogP contribution in [0.1, 0.15) is 47.0 Å². The molecule has 1 saturated heterocycles. The van der Waals surface area contributed by atoms with Crippen molar-refractivity contribution >= 4 is 5.97 Å². The molecule has 1 unspecified atom stereocenters. The Bertz CT molecular complexity index is 462. The quantitative estimate of drug-likeness (QED) is 0.407. The van der Waals surface area contributed by atoms with Crippen molar-refractivity contribution in [2.75, 3.05) is 0 Å². The number of carbonyl (C=O) groups is 1. The average molecular weight is 360 g/mol. The molecule has 0 amide bonds. The third-order valence-electron chi connectivity index (χ3n) is 4.49. The van der Waals surface area contributed by atoms with E-state index in [-0.39, 0.29) is 31.1 Å². The summed E-state index contributed by atoms with van der Waals surface area (Å²) in [5.74, 6) is -4.23. The van der Waals surface area contributed by atoms with Crippen LogP contribution in [0.4, 0.5) is 0 Å². The second kappa shape index (κ2) is 9.09. The molecule has 0 radical (unpaired) electrons. The predicted octanol–water partition coefficient (Wildman–Crippen LogP) is 0.896. The fraction of sp³-hybridized carbons (Fsp3) is 0.833. The van der Waals surface area contributed by atoms with Crippen LogP contribution in [0.25, 0.3) is 0 Å². The lowest BCUT2D eigenvalue weighted by Gasteiger charge is -2.44.